The van der Waals surface area contributed by atoms with Crippen molar-refractivity contribution in [1.82, 2.24) is 14.8 Å². The van der Waals surface area contributed by atoms with Crippen molar-refractivity contribution in [3.05, 3.63) is 35.4 Å². The van der Waals surface area contributed by atoms with E-state index >= 15 is 0 Å². The SMILES string of the molecule is CCCCOC(=O)C1=C(C)Nc2nc(SCCC)nn2C1c1ccco1. The molecule has 0 fully saturated rings. The summed E-state index contributed by atoms with van der Waals surface area (Å²) in [5.74, 6) is 1.82. The van der Waals surface area contributed by atoms with E-state index in [2.05, 4.69) is 29.2 Å². The summed E-state index contributed by atoms with van der Waals surface area (Å²) in [5, 5.41) is 8.46. The molecule has 1 N–H and O–H groups in total. The highest BCUT2D eigenvalue weighted by Gasteiger charge is 2.36. The maximum atomic E-state index is 12.7. The number of nitrogens with zero attached hydrogens (tertiary/aromatic N) is 3. The lowest BCUT2D eigenvalue weighted by Crippen LogP contribution is -2.29. The maximum absolute atomic E-state index is 12.7. The summed E-state index contributed by atoms with van der Waals surface area (Å²) in [4.78, 5) is 17.3. The molecule has 0 amide bonds. The summed E-state index contributed by atoms with van der Waals surface area (Å²) in [7, 11) is 0. The van der Waals surface area contributed by atoms with Gasteiger partial charge in [-0.25, -0.2) is 9.48 Å². The molecule has 0 aliphatic carbocycles. The van der Waals surface area contributed by atoms with Gasteiger partial charge >= 0.3 is 5.97 Å². The van der Waals surface area contributed by atoms with E-state index in [0.29, 0.717) is 34.7 Å². The number of furan rings is 1. The summed E-state index contributed by atoms with van der Waals surface area (Å²) in [5.41, 5.74) is 1.21. The fourth-order valence-corrected chi connectivity index (χ4v) is 3.43. The fraction of sp³-hybridized carbons (Fsp3) is 0.500. The van der Waals surface area contributed by atoms with Gasteiger partial charge in [0.05, 0.1) is 18.4 Å². The third-order valence-corrected chi connectivity index (χ3v) is 5.08. The minimum atomic E-state index is -0.487. The van der Waals surface area contributed by atoms with Gasteiger partial charge in [0.25, 0.3) is 0 Å². The maximum Gasteiger partial charge on any atom is 0.338 e. The second-order valence-corrected chi connectivity index (χ2v) is 7.14. The van der Waals surface area contributed by atoms with Crippen LogP contribution in [0.25, 0.3) is 0 Å². The number of hydrogen-bond donors (Lipinski definition) is 1. The molecule has 2 aromatic rings. The number of ether oxygens (including phenoxy) is 1. The Hall–Kier alpha value is -2.22. The van der Waals surface area contributed by atoms with Gasteiger partial charge in [-0.3, -0.25) is 0 Å². The van der Waals surface area contributed by atoms with Crippen molar-refractivity contribution in [2.45, 2.75) is 51.2 Å². The smallest absolute Gasteiger partial charge is 0.338 e. The molecular weight excluding hydrogens is 352 g/mol. The molecule has 0 radical (unpaired) electrons. The second-order valence-electron chi connectivity index (χ2n) is 6.08. The largest absolute Gasteiger partial charge is 0.467 e. The van der Waals surface area contributed by atoms with Gasteiger partial charge in [-0.15, -0.1) is 5.10 Å². The molecule has 1 unspecified atom stereocenters. The zero-order chi connectivity index (χ0) is 18.5. The molecular formula is C18H24N4O3S. The standard InChI is InChI=1S/C18H24N4O3S/c1-4-6-9-25-16(23)14-12(3)19-17-20-18(26-11-5-2)21-22(17)15(14)13-8-7-10-24-13/h7-8,10,15H,4-6,9,11H2,1-3H3,(H,19,20,21). The minimum absolute atomic E-state index is 0.353. The van der Waals surface area contributed by atoms with Crippen LogP contribution >= 0.6 is 11.8 Å². The van der Waals surface area contributed by atoms with E-state index < -0.39 is 6.04 Å². The quantitative estimate of drug-likeness (QED) is 0.423. The highest BCUT2D eigenvalue weighted by atomic mass is 32.2. The Balaban J connectivity index is 1.95. The Morgan fingerprint density at radius 2 is 2.27 bits per heavy atom. The molecule has 0 saturated heterocycles. The van der Waals surface area contributed by atoms with Gasteiger partial charge in [-0.05, 0) is 31.9 Å². The van der Waals surface area contributed by atoms with Crippen LogP contribution in [0.5, 0.6) is 0 Å². The summed E-state index contributed by atoms with van der Waals surface area (Å²) >= 11 is 1.59. The molecule has 1 aliphatic rings. The molecule has 0 spiro atoms. The number of anilines is 1. The number of aromatic nitrogens is 3. The summed E-state index contributed by atoms with van der Waals surface area (Å²) in [6.07, 6.45) is 4.44. The van der Waals surface area contributed by atoms with Gasteiger partial charge in [0.1, 0.15) is 11.8 Å². The fourth-order valence-electron chi connectivity index (χ4n) is 2.75. The molecule has 0 aromatic carbocycles. The molecule has 3 heterocycles. The van der Waals surface area contributed by atoms with Gasteiger partial charge in [0.15, 0.2) is 0 Å². The topological polar surface area (TPSA) is 82.2 Å². The van der Waals surface area contributed by atoms with Gasteiger partial charge in [0, 0.05) is 11.4 Å². The number of nitrogens with one attached hydrogen (secondary N) is 1. The summed E-state index contributed by atoms with van der Waals surface area (Å²) in [6.45, 7) is 6.43. The lowest BCUT2D eigenvalue weighted by atomic mass is 10.0. The first-order valence-electron chi connectivity index (χ1n) is 8.93. The van der Waals surface area contributed by atoms with Crippen LogP contribution in [0.15, 0.2) is 39.2 Å². The van der Waals surface area contributed by atoms with E-state index in [1.807, 2.05) is 13.0 Å². The first-order chi connectivity index (χ1) is 12.7. The molecule has 2 aromatic heterocycles. The molecule has 0 bridgehead atoms. The third kappa shape index (κ3) is 3.80. The number of allylic oxidation sites excluding steroid dienone is 1. The first kappa shape index (κ1) is 18.6. The van der Waals surface area contributed by atoms with Crippen molar-refractivity contribution in [3.8, 4) is 0 Å². The highest BCUT2D eigenvalue weighted by Crippen LogP contribution is 2.36. The number of esters is 1. The lowest BCUT2D eigenvalue weighted by Gasteiger charge is -2.26. The van der Waals surface area contributed by atoms with Crippen LogP contribution in [0.4, 0.5) is 5.95 Å². The number of hydrogen-bond acceptors (Lipinski definition) is 7. The average Bonchev–Trinajstić information content (AvgIpc) is 3.28. The second kappa shape index (κ2) is 8.44. The normalized spacial score (nSPS) is 16.3. The van der Waals surface area contributed by atoms with E-state index in [1.165, 1.54) is 0 Å². The Morgan fingerprint density at radius 1 is 1.42 bits per heavy atom. The van der Waals surface area contributed by atoms with Crippen LogP contribution in [0.1, 0.15) is 51.8 Å². The average molecular weight is 376 g/mol. The third-order valence-electron chi connectivity index (χ3n) is 4.03. The number of fused-ring (bicyclic) bond motifs is 1. The van der Waals surface area contributed by atoms with E-state index in [-0.39, 0.29) is 5.97 Å². The minimum Gasteiger partial charge on any atom is -0.467 e. The van der Waals surface area contributed by atoms with Gasteiger partial charge in [-0.2, -0.15) is 4.98 Å². The van der Waals surface area contributed by atoms with E-state index in [1.54, 1.807) is 28.8 Å². The number of thioether (sulfide) groups is 1. The van der Waals surface area contributed by atoms with Crippen molar-refractivity contribution in [2.75, 3.05) is 17.7 Å². The predicted molar refractivity (Wildman–Crippen MR) is 100 cm³/mol. The van der Waals surface area contributed by atoms with Gasteiger partial charge in [-0.1, -0.05) is 32.0 Å². The predicted octanol–water partition coefficient (Wildman–Crippen LogP) is 4.01. The molecule has 0 saturated carbocycles. The monoisotopic (exact) mass is 376 g/mol. The van der Waals surface area contributed by atoms with Crippen LogP contribution < -0.4 is 5.32 Å². The molecule has 3 rings (SSSR count). The molecule has 8 heteroatoms. The zero-order valence-corrected chi connectivity index (χ0v) is 16.1. The number of carbonyl (C=O) groups excluding carboxylic acids is 1. The Morgan fingerprint density at radius 3 is 2.96 bits per heavy atom. The molecule has 26 heavy (non-hydrogen) atoms. The van der Waals surface area contributed by atoms with E-state index in [4.69, 9.17) is 9.15 Å². The molecule has 1 atom stereocenters. The number of carbonyl (C=O) groups is 1. The summed E-state index contributed by atoms with van der Waals surface area (Å²) < 4.78 is 12.8. The van der Waals surface area contributed by atoms with Crippen molar-refractivity contribution in [1.29, 1.82) is 0 Å². The van der Waals surface area contributed by atoms with Crippen LogP contribution in [-0.2, 0) is 9.53 Å². The lowest BCUT2D eigenvalue weighted by molar-refractivity contribution is -0.139. The summed E-state index contributed by atoms with van der Waals surface area (Å²) in [6, 6.07) is 3.15. The highest BCUT2D eigenvalue weighted by molar-refractivity contribution is 7.99. The van der Waals surface area contributed by atoms with Crippen LogP contribution in [0.2, 0.25) is 0 Å². The molecule has 140 valence electrons. The van der Waals surface area contributed by atoms with Gasteiger partial charge in [0.2, 0.25) is 11.1 Å². The Labute approximate surface area is 157 Å². The van der Waals surface area contributed by atoms with Crippen LogP contribution in [-0.4, -0.2) is 33.1 Å². The van der Waals surface area contributed by atoms with Crippen LogP contribution in [0.3, 0.4) is 0 Å². The van der Waals surface area contributed by atoms with Crippen molar-refractivity contribution in [3.63, 3.8) is 0 Å². The van der Waals surface area contributed by atoms with Crippen molar-refractivity contribution < 1.29 is 13.9 Å². The van der Waals surface area contributed by atoms with Crippen molar-refractivity contribution in [2.24, 2.45) is 0 Å². The Bertz CT molecular complexity index is 782. The first-order valence-corrected chi connectivity index (χ1v) is 9.91. The zero-order valence-electron chi connectivity index (χ0n) is 15.3. The number of rotatable bonds is 8. The van der Waals surface area contributed by atoms with Crippen molar-refractivity contribution >= 4 is 23.7 Å². The molecule has 1 aliphatic heterocycles. The Kier molecular flexibility index (Phi) is 6.03. The van der Waals surface area contributed by atoms with Crippen LogP contribution in [0, 0.1) is 0 Å². The van der Waals surface area contributed by atoms with E-state index in [0.717, 1.165) is 25.0 Å². The van der Waals surface area contributed by atoms with E-state index in [9.17, 15) is 4.79 Å². The molecule has 7 nitrogen and oxygen atoms in total. The van der Waals surface area contributed by atoms with Gasteiger partial charge < -0.3 is 14.5 Å². The number of unbranched alkanes of at least 4 members (excludes halogenated alkanes) is 1.